The number of ether oxygens (including phenoxy) is 1. The van der Waals surface area contributed by atoms with Crippen molar-refractivity contribution >= 4 is 27.4 Å². The zero-order valence-electron chi connectivity index (χ0n) is 9.47. The Labute approximate surface area is 105 Å². The summed E-state index contributed by atoms with van der Waals surface area (Å²) in [5.74, 6) is 0.477. The van der Waals surface area contributed by atoms with Crippen molar-refractivity contribution in [2.24, 2.45) is 0 Å². The summed E-state index contributed by atoms with van der Waals surface area (Å²) in [6, 6.07) is 4.79. The Hall–Kier alpha value is -1.20. The van der Waals surface area contributed by atoms with Crippen molar-refractivity contribution in [1.29, 1.82) is 0 Å². The van der Waals surface area contributed by atoms with Gasteiger partial charge in [-0.15, -0.1) is 0 Å². The molecular weight excluding hydrogens is 262 g/mol. The van der Waals surface area contributed by atoms with Crippen LogP contribution in [0.25, 0.3) is 5.76 Å². The van der Waals surface area contributed by atoms with Crippen LogP contribution in [0.2, 0.25) is 5.02 Å². The first-order valence-corrected chi connectivity index (χ1v) is 6.92. The number of hydrogen-bond acceptors (Lipinski definition) is 3. The maximum absolute atomic E-state index is 12.1. The fourth-order valence-corrected chi connectivity index (χ4v) is 3.27. The maximum atomic E-state index is 12.1. The van der Waals surface area contributed by atoms with Gasteiger partial charge in [-0.25, -0.2) is 8.42 Å². The average Bonchev–Trinajstić information content (AvgIpc) is 2.26. The standard InChI is InChI=1S/C11H12ClNO3S/c1-3-16-9-7-13(2)17(14,15)10-6-4-5-8(12)11(9)10/h4-7H,3H2,1-2H3. The smallest absolute Gasteiger partial charge is 0.264 e. The second-order valence-electron chi connectivity index (χ2n) is 3.56. The van der Waals surface area contributed by atoms with E-state index in [0.717, 1.165) is 4.31 Å². The highest BCUT2D eigenvalue weighted by Gasteiger charge is 2.31. The van der Waals surface area contributed by atoms with Gasteiger partial charge < -0.3 is 4.74 Å². The summed E-state index contributed by atoms with van der Waals surface area (Å²) >= 11 is 6.04. The van der Waals surface area contributed by atoms with Crippen molar-refractivity contribution in [2.75, 3.05) is 13.7 Å². The number of rotatable bonds is 2. The van der Waals surface area contributed by atoms with Crippen molar-refractivity contribution in [3.63, 3.8) is 0 Å². The number of halogens is 1. The van der Waals surface area contributed by atoms with Gasteiger partial charge in [0.1, 0.15) is 5.76 Å². The molecule has 1 aromatic rings. The van der Waals surface area contributed by atoms with Gasteiger partial charge >= 0.3 is 0 Å². The molecule has 0 aliphatic carbocycles. The van der Waals surface area contributed by atoms with Gasteiger partial charge in [-0.1, -0.05) is 17.7 Å². The molecule has 0 amide bonds. The monoisotopic (exact) mass is 273 g/mol. The Morgan fingerprint density at radius 1 is 1.41 bits per heavy atom. The van der Waals surface area contributed by atoms with Gasteiger partial charge in [0.05, 0.1) is 28.3 Å². The molecule has 0 unspecified atom stereocenters. The predicted octanol–water partition coefficient (Wildman–Crippen LogP) is 2.31. The molecule has 0 saturated carbocycles. The highest BCUT2D eigenvalue weighted by molar-refractivity contribution is 7.89. The normalized spacial score (nSPS) is 17.4. The molecule has 0 saturated heterocycles. The van der Waals surface area contributed by atoms with E-state index in [-0.39, 0.29) is 4.90 Å². The fourth-order valence-electron chi connectivity index (χ4n) is 1.68. The zero-order valence-corrected chi connectivity index (χ0v) is 11.0. The number of hydrogen-bond donors (Lipinski definition) is 0. The minimum absolute atomic E-state index is 0.179. The molecule has 0 aromatic heterocycles. The lowest BCUT2D eigenvalue weighted by molar-refractivity contribution is 0.292. The quantitative estimate of drug-likeness (QED) is 0.831. The molecule has 0 fully saturated rings. The molecule has 6 heteroatoms. The van der Waals surface area contributed by atoms with Crippen LogP contribution in [-0.2, 0) is 14.8 Å². The van der Waals surface area contributed by atoms with Crippen molar-refractivity contribution in [3.8, 4) is 0 Å². The minimum atomic E-state index is -3.50. The Balaban J connectivity index is 2.73. The molecule has 92 valence electrons. The molecule has 1 aromatic carbocycles. The Bertz CT molecular complexity index is 580. The van der Waals surface area contributed by atoms with E-state index in [4.69, 9.17) is 16.3 Å². The molecule has 0 atom stereocenters. The molecule has 17 heavy (non-hydrogen) atoms. The predicted molar refractivity (Wildman–Crippen MR) is 66.0 cm³/mol. The number of nitrogens with zero attached hydrogens (tertiary/aromatic N) is 1. The largest absolute Gasteiger partial charge is 0.492 e. The van der Waals surface area contributed by atoms with Crippen molar-refractivity contribution in [2.45, 2.75) is 11.8 Å². The topological polar surface area (TPSA) is 46.6 Å². The second kappa shape index (κ2) is 4.23. The van der Waals surface area contributed by atoms with E-state index < -0.39 is 10.0 Å². The van der Waals surface area contributed by atoms with E-state index in [1.165, 1.54) is 19.3 Å². The Morgan fingerprint density at radius 3 is 2.76 bits per heavy atom. The summed E-state index contributed by atoms with van der Waals surface area (Å²) in [7, 11) is -2.03. The van der Waals surface area contributed by atoms with E-state index in [1.807, 2.05) is 6.92 Å². The van der Waals surface area contributed by atoms with Crippen molar-refractivity contribution in [1.82, 2.24) is 4.31 Å². The van der Waals surface area contributed by atoms with Crippen LogP contribution in [0.5, 0.6) is 0 Å². The van der Waals surface area contributed by atoms with Crippen LogP contribution < -0.4 is 0 Å². The van der Waals surface area contributed by atoms with Crippen molar-refractivity contribution < 1.29 is 13.2 Å². The lowest BCUT2D eigenvalue weighted by Crippen LogP contribution is -2.27. The maximum Gasteiger partial charge on any atom is 0.264 e. The molecule has 0 radical (unpaired) electrons. The van der Waals surface area contributed by atoms with Crippen LogP contribution in [0.4, 0.5) is 0 Å². The van der Waals surface area contributed by atoms with Gasteiger partial charge in [0, 0.05) is 7.05 Å². The van der Waals surface area contributed by atoms with Gasteiger partial charge in [-0.2, -0.15) is 0 Å². The van der Waals surface area contributed by atoms with Gasteiger partial charge in [0.25, 0.3) is 10.0 Å². The lowest BCUT2D eigenvalue weighted by Gasteiger charge is -2.25. The van der Waals surface area contributed by atoms with Gasteiger partial charge in [-0.3, -0.25) is 4.31 Å². The molecular formula is C11H12ClNO3S. The molecule has 4 nitrogen and oxygen atoms in total. The lowest BCUT2D eigenvalue weighted by atomic mass is 10.2. The first-order valence-electron chi connectivity index (χ1n) is 5.10. The van der Waals surface area contributed by atoms with Gasteiger partial charge in [-0.05, 0) is 19.1 Å². The van der Waals surface area contributed by atoms with Crippen LogP contribution in [-0.4, -0.2) is 26.4 Å². The molecule has 2 rings (SSSR count). The summed E-state index contributed by atoms with van der Waals surface area (Å²) in [4.78, 5) is 0.179. The summed E-state index contributed by atoms with van der Waals surface area (Å²) in [5.41, 5.74) is 0.439. The van der Waals surface area contributed by atoms with Gasteiger partial charge in [0.2, 0.25) is 0 Å². The van der Waals surface area contributed by atoms with Crippen LogP contribution in [0, 0.1) is 0 Å². The third-order valence-electron chi connectivity index (χ3n) is 2.48. The third kappa shape index (κ3) is 1.89. The van der Waals surface area contributed by atoms with E-state index in [9.17, 15) is 8.42 Å². The zero-order chi connectivity index (χ0) is 12.6. The van der Waals surface area contributed by atoms with Gasteiger partial charge in [0.15, 0.2) is 0 Å². The highest BCUT2D eigenvalue weighted by atomic mass is 35.5. The molecule has 0 spiro atoms. The first kappa shape index (κ1) is 12.3. The number of benzene rings is 1. The SMILES string of the molecule is CCOC1=CN(C)S(=O)(=O)c2cccc(Cl)c21. The second-order valence-corrected chi connectivity index (χ2v) is 5.93. The third-order valence-corrected chi connectivity index (χ3v) is 4.55. The average molecular weight is 274 g/mol. The molecule has 0 N–H and O–H groups in total. The van der Waals surface area contributed by atoms with Crippen LogP contribution >= 0.6 is 11.6 Å². The Morgan fingerprint density at radius 2 is 2.12 bits per heavy atom. The number of sulfonamides is 1. The molecule has 1 aliphatic rings. The van der Waals surface area contributed by atoms with E-state index in [2.05, 4.69) is 0 Å². The van der Waals surface area contributed by atoms with E-state index in [1.54, 1.807) is 12.1 Å². The van der Waals surface area contributed by atoms with Crippen molar-refractivity contribution in [3.05, 3.63) is 35.0 Å². The van der Waals surface area contributed by atoms with E-state index in [0.29, 0.717) is 23.0 Å². The minimum Gasteiger partial charge on any atom is -0.492 e. The highest BCUT2D eigenvalue weighted by Crippen LogP contribution is 2.36. The summed E-state index contributed by atoms with van der Waals surface area (Å²) in [6.45, 7) is 2.28. The number of fused-ring (bicyclic) bond motifs is 1. The van der Waals surface area contributed by atoms with Crippen LogP contribution in [0.15, 0.2) is 29.3 Å². The van der Waals surface area contributed by atoms with E-state index >= 15 is 0 Å². The molecule has 0 bridgehead atoms. The first-order chi connectivity index (χ1) is 7.98. The Kier molecular flexibility index (Phi) is 3.05. The molecule has 1 heterocycles. The summed E-state index contributed by atoms with van der Waals surface area (Å²) < 4.78 is 30.7. The summed E-state index contributed by atoms with van der Waals surface area (Å²) in [5, 5.41) is 0.374. The molecule has 1 aliphatic heterocycles. The van der Waals surface area contributed by atoms with Crippen LogP contribution in [0.3, 0.4) is 0 Å². The summed E-state index contributed by atoms with van der Waals surface area (Å²) in [6.07, 6.45) is 1.44. The van der Waals surface area contributed by atoms with Crippen LogP contribution in [0.1, 0.15) is 12.5 Å². The fraction of sp³-hybridized carbons (Fsp3) is 0.273.